The molecule has 2 unspecified atom stereocenters. The number of fused-ring (bicyclic) bond motifs is 1. The molecule has 4 heteroatoms. The summed E-state index contributed by atoms with van der Waals surface area (Å²) in [6.45, 7) is 0. The Morgan fingerprint density at radius 3 is 2.76 bits per heavy atom. The summed E-state index contributed by atoms with van der Waals surface area (Å²) in [5.41, 5.74) is 2.57. The first-order valence-electron chi connectivity index (χ1n) is 8.12. The molecule has 21 heavy (non-hydrogen) atoms. The van der Waals surface area contributed by atoms with Gasteiger partial charge < -0.3 is 5.32 Å². The van der Waals surface area contributed by atoms with Crippen molar-refractivity contribution < 1.29 is 8.42 Å². The molecule has 3 rings (SSSR count). The summed E-state index contributed by atoms with van der Waals surface area (Å²) in [4.78, 5) is 0.530. The van der Waals surface area contributed by atoms with E-state index in [0.29, 0.717) is 16.9 Å². The van der Waals surface area contributed by atoms with Crippen LogP contribution in [-0.4, -0.2) is 27.3 Å². The fourth-order valence-corrected chi connectivity index (χ4v) is 5.37. The van der Waals surface area contributed by atoms with Crippen LogP contribution in [0.4, 0.5) is 0 Å². The lowest BCUT2D eigenvalue weighted by molar-refractivity contribution is 0.414. The first-order chi connectivity index (χ1) is 10.1. The van der Waals surface area contributed by atoms with Crippen LogP contribution in [0.3, 0.4) is 0 Å². The lowest BCUT2D eigenvalue weighted by Crippen LogP contribution is -2.30. The van der Waals surface area contributed by atoms with Gasteiger partial charge in [-0.25, -0.2) is 8.42 Å². The summed E-state index contributed by atoms with van der Waals surface area (Å²) in [6.07, 6.45) is 7.63. The number of rotatable bonds is 5. The molecular formula is C17H25NO2S. The summed E-state index contributed by atoms with van der Waals surface area (Å²) in [5.74, 6) is 0.799. The predicted octanol–water partition coefficient (Wildman–Crippen LogP) is 2.73. The minimum Gasteiger partial charge on any atom is -0.317 e. The maximum absolute atomic E-state index is 12.6. The molecule has 116 valence electrons. The average molecular weight is 307 g/mol. The van der Waals surface area contributed by atoms with Crippen molar-refractivity contribution in [3.8, 4) is 0 Å². The van der Waals surface area contributed by atoms with E-state index in [4.69, 9.17) is 0 Å². The predicted molar refractivity (Wildman–Crippen MR) is 85.3 cm³/mol. The second-order valence-electron chi connectivity index (χ2n) is 6.48. The van der Waals surface area contributed by atoms with E-state index in [2.05, 4.69) is 5.32 Å². The molecule has 1 saturated carbocycles. The Balaban J connectivity index is 1.69. The zero-order valence-electron chi connectivity index (χ0n) is 12.8. The van der Waals surface area contributed by atoms with Crippen molar-refractivity contribution in [3.63, 3.8) is 0 Å². The third kappa shape index (κ3) is 3.16. The van der Waals surface area contributed by atoms with E-state index in [9.17, 15) is 8.42 Å². The topological polar surface area (TPSA) is 46.2 Å². The minimum atomic E-state index is -3.13. The van der Waals surface area contributed by atoms with Gasteiger partial charge >= 0.3 is 0 Å². The highest BCUT2D eigenvalue weighted by atomic mass is 32.2. The minimum absolute atomic E-state index is 0.286. The smallest absolute Gasteiger partial charge is 0.178 e. The van der Waals surface area contributed by atoms with Crippen LogP contribution in [0.2, 0.25) is 0 Å². The molecule has 0 radical (unpaired) electrons. The van der Waals surface area contributed by atoms with Crippen LogP contribution < -0.4 is 5.32 Å². The summed E-state index contributed by atoms with van der Waals surface area (Å²) >= 11 is 0. The summed E-state index contributed by atoms with van der Waals surface area (Å²) in [7, 11) is -1.14. The van der Waals surface area contributed by atoms with Crippen molar-refractivity contribution in [1.82, 2.24) is 5.32 Å². The molecule has 1 aromatic rings. The quantitative estimate of drug-likeness (QED) is 0.910. The molecule has 1 N–H and O–H groups in total. The fraction of sp³-hybridized carbons (Fsp3) is 0.647. The summed E-state index contributed by atoms with van der Waals surface area (Å²) in [5, 5.41) is 3.33. The first-order valence-corrected chi connectivity index (χ1v) is 9.77. The number of nitrogens with one attached hydrogen (secondary N) is 1. The van der Waals surface area contributed by atoms with Gasteiger partial charge in [-0.05, 0) is 74.8 Å². The molecule has 3 nitrogen and oxygen atoms in total. The average Bonchev–Trinajstić information content (AvgIpc) is 3.12. The van der Waals surface area contributed by atoms with Gasteiger partial charge in [-0.3, -0.25) is 0 Å². The van der Waals surface area contributed by atoms with Gasteiger partial charge in [0.25, 0.3) is 0 Å². The molecule has 0 saturated heterocycles. The van der Waals surface area contributed by atoms with Crippen molar-refractivity contribution >= 4 is 9.84 Å². The van der Waals surface area contributed by atoms with E-state index in [0.717, 1.165) is 32.1 Å². The SMILES string of the molecule is CNC1CCCC1CCS(=O)(=O)c1ccc2c(c1)CCC2. The second-order valence-corrected chi connectivity index (χ2v) is 8.59. The fourth-order valence-electron chi connectivity index (χ4n) is 3.93. The van der Waals surface area contributed by atoms with E-state index in [1.807, 2.05) is 25.2 Å². The van der Waals surface area contributed by atoms with Gasteiger partial charge in [0.1, 0.15) is 0 Å². The molecular weight excluding hydrogens is 282 g/mol. The molecule has 0 aromatic heterocycles. The van der Waals surface area contributed by atoms with Gasteiger partial charge in [0.05, 0.1) is 10.6 Å². The van der Waals surface area contributed by atoms with Crippen LogP contribution in [0.15, 0.2) is 23.1 Å². The zero-order valence-corrected chi connectivity index (χ0v) is 13.6. The van der Waals surface area contributed by atoms with Gasteiger partial charge in [0.2, 0.25) is 0 Å². The third-order valence-electron chi connectivity index (χ3n) is 5.22. The van der Waals surface area contributed by atoms with Crippen LogP contribution in [0.25, 0.3) is 0 Å². The molecule has 2 aliphatic rings. The Morgan fingerprint density at radius 1 is 1.14 bits per heavy atom. The molecule has 0 aliphatic heterocycles. The van der Waals surface area contributed by atoms with Gasteiger partial charge in [-0.2, -0.15) is 0 Å². The Hall–Kier alpha value is -0.870. The zero-order chi connectivity index (χ0) is 14.9. The molecule has 1 aromatic carbocycles. The van der Waals surface area contributed by atoms with E-state index in [1.165, 1.54) is 24.0 Å². The van der Waals surface area contributed by atoms with Crippen LogP contribution in [0.5, 0.6) is 0 Å². The number of sulfone groups is 1. The van der Waals surface area contributed by atoms with Gasteiger partial charge in [0, 0.05) is 6.04 Å². The third-order valence-corrected chi connectivity index (χ3v) is 6.96. The summed E-state index contributed by atoms with van der Waals surface area (Å²) < 4.78 is 25.1. The monoisotopic (exact) mass is 307 g/mol. The molecule has 0 bridgehead atoms. The molecule has 0 heterocycles. The summed E-state index contributed by atoms with van der Waals surface area (Å²) in [6, 6.07) is 6.24. The van der Waals surface area contributed by atoms with Gasteiger partial charge in [-0.1, -0.05) is 12.5 Å². The van der Waals surface area contributed by atoms with Crippen molar-refractivity contribution in [1.29, 1.82) is 0 Å². The molecule has 2 aliphatic carbocycles. The first kappa shape index (κ1) is 15.0. The van der Waals surface area contributed by atoms with E-state index in [-0.39, 0.29) is 5.75 Å². The van der Waals surface area contributed by atoms with Crippen molar-refractivity contribution in [2.75, 3.05) is 12.8 Å². The highest BCUT2D eigenvalue weighted by molar-refractivity contribution is 7.91. The molecule has 0 amide bonds. The van der Waals surface area contributed by atoms with E-state index in [1.54, 1.807) is 0 Å². The number of benzene rings is 1. The largest absolute Gasteiger partial charge is 0.317 e. The second kappa shape index (κ2) is 6.09. The maximum Gasteiger partial charge on any atom is 0.178 e. The van der Waals surface area contributed by atoms with E-state index < -0.39 is 9.84 Å². The van der Waals surface area contributed by atoms with Crippen molar-refractivity contribution in [2.24, 2.45) is 5.92 Å². The molecule has 0 spiro atoms. The number of hydrogen-bond donors (Lipinski definition) is 1. The Morgan fingerprint density at radius 2 is 1.95 bits per heavy atom. The number of hydrogen-bond acceptors (Lipinski definition) is 3. The van der Waals surface area contributed by atoms with Crippen LogP contribution >= 0.6 is 0 Å². The Labute approximate surface area is 128 Å². The molecule has 2 atom stereocenters. The van der Waals surface area contributed by atoms with Crippen LogP contribution in [0, 0.1) is 5.92 Å². The lowest BCUT2D eigenvalue weighted by Gasteiger charge is -2.18. The van der Waals surface area contributed by atoms with Crippen molar-refractivity contribution in [2.45, 2.75) is 55.9 Å². The number of aryl methyl sites for hydroxylation is 2. The maximum atomic E-state index is 12.6. The van der Waals surface area contributed by atoms with Crippen LogP contribution in [0.1, 0.15) is 43.2 Å². The lowest BCUT2D eigenvalue weighted by atomic mass is 10.0. The van der Waals surface area contributed by atoms with Crippen LogP contribution in [-0.2, 0) is 22.7 Å². The normalized spacial score (nSPS) is 25.2. The Bertz CT molecular complexity index is 609. The highest BCUT2D eigenvalue weighted by Crippen LogP contribution is 2.30. The Kier molecular flexibility index (Phi) is 4.36. The van der Waals surface area contributed by atoms with Gasteiger partial charge in [-0.15, -0.1) is 0 Å². The van der Waals surface area contributed by atoms with E-state index >= 15 is 0 Å². The van der Waals surface area contributed by atoms with Crippen molar-refractivity contribution in [3.05, 3.63) is 29.3 Å². The standard InChI is InChI=1S/C17H25NO2S/c1-18-17-7-3-5-14(17)10-11-21(19,20)16-9-8-13-4-2-6-15(13)12-16/h8-9,12,14,17-18H,2-7,10-11H2,1H3. The van der Waals surface area contributed by atoms with Gasteiger partial charge in [0.15, 0.2) is 9.84 Å². The highest BCUT2D eigenvalue weighted by Gasteiger charge is 2.28. The molecule has 1 fully saturated rings.